The molecule has 0 saturated carbocycles. The number of carbonyl (C=O) groups excluding carboxylic acids is 1. The van der Waals surface area contributed by atoms with Crippen molar-refractivity contribution in [2.24, 2.45) is 0 Å². The van der Waals surface area contributed by atoms with Crippen molar-refractivity contribution in [2.75, 3.05) is 0 Å². The number of rotatable bonds is 1. The van der Waals surface area contributed by atoms with Crippen LogP contribution in [0.3, 0.4) is 0 Å². The second-order valence-corrected chi connectivity index (χ2v) is 5.57. The molecule has 0 atom stereocenters. The maximum Gasteiger partial charge on any atom is 0.273 e. The quantitative estimate of drug-likeness (QED) is 0.617. The number of hydrogen-bond acceptors (Lipinski definition) is 4. The zero-order valence-electron chi connectivity index (χ0n) is 9.48. The second-order valence-electron chi connectivity index (χ2n) is 3.93. The third-order valence-electron chi connectivity index (χ3n) is 2.55. The Kier molecular flexibility index (Phi) is 2.61. The van der Waals surface area contributed by atoms with Gasteiger partial charge in [-0.3, -0.25) is 10.1 Å². The van der Waals surface area contributed by atoms with Crippen LogP contribution in [0.15, 0.2) is 23.9 Å². The second kappa shape index (κ2) is 4.15. The van der Waals surface area contributed by atoms with Crippen LogP contribution in [0.25, 0.3) is 16.3 Å². The van der Waals surface area contributed by atoms with Crippen molar-refractivity contribution in [1.82, 2.24) is 15.6 Å². The maximum absolute atomic E-state index is 11.5. The number of thiazole rings is 1. The summed E-state index contributed by atoms with van der Waals surface area (Å²) >= 11 is 6.52. The first-order chi connectivity index (χ1) is 8.61. The van der Waals surface area contributed by atoms with Crippen LogP contribution in [0.2, 0.25) is 0 Å². The molecular formula is C12H9N3OS2. The average Bonchev–Trinajstić information content (AvgIpc) is 2.80. The summed E-state index contributed by atoms with van der Waals surface area (Å²) in [7, 11) is 0. The van der Waals surface area contributed by atoms with Crippen LogP contribution in [0.1, 0.15) is 10.6 Å². The molecule has 0 radical (unpaired) electrons. The normalized spacial score (nSPS) is 17.3. The molecule has 0 aliphatic carbocycles. The van der Waals surface area contributed by atoms with Crippen molar-refractivity contribution < 1.29 is 4.79 Å². The standard InChI is InChI=1S/C12H9N3OS2/c1-6-13-8-3-2-7(5-10(8)18-6)4-9-11(16)15-12(17)14-9/h2-5H,1H3,(H2,14,15,16,17)/b9-4-. The van der Waals surface area contributed by atoms with E-state index in [1.165, 1.54) is 0 Å². The molecule has 4 nitrogen and oxygen atoms in total. The van der Waals surface area contributed by atoms with Crippen molar-refractivity contribution in [2.45, 2.75) is 6.92 Å². The maximum atomic E-state index is 11.5. The van der Waals surface area contributed by atoms with E-state index in [1.54, 1.807) is 17.4 Å². The Morgan fingerprint density at radius 3 is 2.94 bits per heavy atom. The van der Waals surface area contributed by atoms with Gasteiger partial charge < -0.3 is 5.32 Å². The van der Waals surface area contributed by atoms with Gasteiger partial charge in [0, 0.05) is 0 Å². The topological polar surface area (TPSA) is 54.0 Å². The van der Waals surface area contributed by atoms with E-state index in [0.29, 0.717) is 10.8 Å². The summed E-state index contributed by atoms with van der Waals surface area (Å²) in [6, 6.07) is 5.91. The van der Waals surface area contributed by atoms with Gasteiger partial charge in [0.15, 0.2) is 5.11 Å². The minimum atomic E-state index is -0.194. The molecule has 0 bridgehead atoms. The minimum absolute atomic E-state index is 0.194. The molecule has 0 spiro atoms. The molecule has 1 fully saturated rings. The fourth-order valence-corrected chi connectivity index (χ4v) is 2.87. The van der Waals surface area contributed by atoms with Crippen LogP contribution < -0.4 is 10.6 Å². The van der Waals surface area contributed by atoms with Gasteiger partial charge in [-0.15, -0.1) is 11.3 Å². The summed E-state index contributed by atoms with van der Waals surface area (Å²) < 4.78 is 1.11. The van der Waals surface area contributed by atoms with E-state index < -0.39 is 0 Å². The number of aromatic nitrogens is 1. The number of carbonyl (C=O) groups is 1. The van der Waals surface area contributed by atoms with E-state index in [4.69, 9.17) is 12.2 Å². The lowest BCUT2D eigenvalue weighted by Crippen LogP contribution is -2.21. The molecule has 2 N–H and O–H groups in total. The van der Waals surface area contributed by atoms with E-state index in [9.17, 15) is 4.79 Å². The van der Waals surface area contributed by atoms with Gasteiger partial charge in [-0.1, -0.05) is 6.07 Å². The van der Waals surface area contributed by atoms with Gasteiger partial charge in [0.25, 0.3) is 5.91 Å². The first-order valence-corrected chi connectivity index (χ1v) is 6.55. The Bertz CT molecular complexity index is 702. The molecule has 1 aliphatic heterocycles. The van der Waals surface area contributed by atoms with Crippen molar-refractivity contribution in [3.63, 3.8) is 0 Å². The van der Waals surface area contributed by atoms with E-state index in [1.807, 2.05) is 25.1 Å². The van der Waals surface area contributed by atoms with E-state index >= 15 is 0 Å². The van der Waals surface area contributed by atoms with E-state index in [0.717, 1.165) is 20.8 Å². The number of nitrogens with one attached hydrogen (secondary N) is 2. The fraction of sp³-hybridized carbons (Fsp3) is 0.0833. The highest BCUT2D eigenvalue weighted by Gasteiger charge is 2.19. The van der Waals surface area contributed by atoms with Crippen molar-refractivity contribution >= 4 is 50.9 Å². The summed E-state index contributed by atoms with van der Waals surface area (Å²) in [5.74, 6) is -0.194. The highest BCUT2D eigenvalue weighted by molar-refractivity contribution is 7.80. The smallest absolute Gasteiger partial charge is 0.273 e. The third-order valence-corrected chi connectivity index (χ3v) is 3.69. The Morgan fingerprint density at radius 1 is 1.39 bits per heavy atom. The largest absolute Gasteiger partial charge is 0.328 e. The number of benzene rings is 1. The number of hydrogen-bond donors (Lipinski definition) is 2. The molecular weight excluding hydrogens is 266 g/mol. The van der Waals surface area contributed by atoms with Crippen LogP contribution in [0.4, 0.5) is 0 Å². The Morgan fingerprint density at radius 2 is 2.22 bits per heavy atom. The van der Waals surface area contributed by atoms with Gasteiger partial charge in [0.1, 0.15) is 5.70 Å². The predicted molar refractivity (Wildman–Crippen MR) is 76.2 cm³/mol. The van der Waals surface area contributed by atoms with Crippen molar-refractivity contribution in [3.05, 3.63) is 34.5 Å². The Balaban J connectivity index is 2.02. The lowest BCUT2D eigenvalue weighted by molar-refractivity contribution is -0.115. The zero-order chi connectivity index (χ0) is 12.7. The van der Waals surface area contributed by atoms with E-state index in [2.05, 4.69) is 15.6 Å². The minimum Gasteiger partial charge on any atom is -0.328 e. The summed E-state index contributed by atoms with van der Waals surface area (Å²) in [5.41, 5.74) is 2.41. The number of amides is 1. The van der Waals surface area contributed by atoms with Crippen LogP contribution >= 0.6 is 23.6 Å². The van der Waals surface area contributed by atoms with Crippen LogP contribution in [-0.4, -0.2) is 16.0 Å². The number of fused-ring (bicyclic) bond motifs is 1. The zero-order valence-corrected chi connectivity index (χ0v) is 11.1. The molecule has 1 saturated heterocycles. The lowest BCUT2D eigenvalue weighted by atomic mass is 10.2. The van der Waals surface area contributed by atoms with Crippen LogP contribution in [0, 0.1) is 6.92 Å². The van der Waals surface area contributed by atoms with E-state index in [-0.39, 0.29) is 5.91 Å². The summed E-state index contributed by atoms with van der Waals surface area (Å²) in [6.45, 7) is 1.98. The first kappa shape index (κ1) is 11.3. The summed E-state index contributed by atoms with van der Waals surface area (Å²) in [4.78, 5) is 15.9. The number of nitrogens with zero attached hydrogens (tertiary/aromatic N) is 1. The van der Waals surface area contributed by atoms with Gasteiger partial charge >= 0.3 is 0 Å². The molecule has 2 heterocycles. The van der Waals surface area contributed by atoms with Crippen LogP contribution in [0.5, 0.6) is 0 Å². The van der Waals surface area contributed by atoms with Gasteiger partial charge in [-0.05, 0) is 42.9 Å². The molecule has 1 aliphatic rings. The molecule has 18 heavy (non-hydrogen) atoms. The highest BCUT2D eigenvalue weighted by Crippen LogP contribution is 2.23. The molecule has 6 heteroatoms. The number of aryl methyl sites for hydroxylation is 1. The molecule has 1 aromatic carbocycles. The van der Waals surface area contributed by atoms with Gasteiger partial charge in [0.05, 0.1) is 15.2 Å². The molecule has 1 amide bonds. The van der Waals surface area contributed by atoms with Gasteiger partial charge in [0.2, 0.25) is 0 Å². The van der Waals surface area contributed by atoms with Gasteiger partial charge in [-0.25, -0.2) is 4.98 Å². The monoisotopic (exact) mass is 275 g/mol. The molecule has 2 aromatic rings. The lowest BCUT2D eigenvalue weighted by Gasteiger charge is -1.96. The summed E-state index contributed by atoms with van der Waals surface area (Å²) in [5, 5.41) is 6.74. The van der Waals surface area contributed by atoms with Crippen molar-refractivity contribution in [1.29, 1.82) is 0 Å². The summed E-state index contributed by atoms with van der Waals surface area (Å²) in [6.07, 6.45) is 1.78. The SMILES string of the molecule is Cc1nc2ccc(/C=C3\NC(=S)NC3=O)cc2s1. The first-order valence-electron chi connectivity index (χ1n) is 5.33. The molecule has 3 rings (SSSR count). The average molecular weight is 275 g/mol. The Labute approximate surface area is 113 Å². The van der Waals surface area contributed by atoms with Crippen LogP contribution in [-0.2, 0) is 4.79 Å². The number of thiocarbonyl (C=S) groups is 1. The fourth-order valence-electron chi connectivity index (χ4n) is 1.80. The molecule has 0 unspecified atom stereocenters. The molecule has 1 aromatic heterocycles. The van der Waals surface area contributed by atoms with Gasteiger partial charge in [-0.2, -0.15) is 0 Å². The predicted octanol–water partition coefficient (Wildman–Crippen LogP) is 1.95. The molecule has 90 valence electrons. The highest BCUT2D eigenvalue weighted by atomic mass is 32.1. The third kappa shape index (κ3) is 2.00. The van der Waals surface area contributed by atoms with Crippen molar-refractivity contribution in [3.8, 4) is 0 Å². The Hall–Kier alpha value is -1.79.